The topological polar surface area (TPSA) is 83.3 Å². The van der Waals surface area contributed by atoms with Crippen LogP contribution in [-0.2, 0) is 11.2 Å². The van der Waals surface area contributed by atoms with Gasteiger partial charge in [0.25, 0.3) is 5.78 Å². The van der Waals surface area contributed by atoms with Crippen molar-refractivity contribution in [1.29, 1.82) is 0 Å². The van der Waals surface area contributed by atoms with Crippen molar-refractivity contribution in [3.05, 3.63) is 29.4 Å². The average Bonchev–Trinajstić information content (AvgIpc) is 2.86. The number of aromatic nitrogens is 4. The first-order valence-corrected chi connectivity index (χ1v) is 5.80. The van der Waals surface area contributed by atoms with Crippen molar-refractivity contribution in [2.75, 3.05) is 0 Å². The van der Waals surface area contributed by atoms with E-state index < -0.39 is 5.97 Å². The van der Waals surface area contributed by atoms with Crippen LogP contribution in [0, 0.1) is 0 Å². The fraction of sp³-hybridized carbons (Fsp3) is 0.100. The SMILES string of the molecule is O=C(O)Cc1cn2[nH]c(-c3cccs3)nc2n1. The van der Waals surface area contributed by atoms with Crippen LogP contribution < -0.4 is 0 Å². The molecule has 0 bridgehead atoms. The number of carbonyl (C=O) groups is 1. The van der Waals surface area contributed by atoms with Gasteiger partial charge in [-0.15, -0.1) is 11.3 Å². The number of thiophene rings is 1. The molecular formula is C10H8N4O2S. The molecule has 0 radical (unpaired) electrons. The number of hydrogen-bond acceptors (Lipinski definition) is 4. The first-order valence-electron chi connectivity index (χ1n) is 4.92. The number of nitrogens with one attached hydrogen (secondary N) is 1. The molecule has 0 spiro atoms. The molecule has 86 valence electrons. The summed E-state index contributed by atoms with van der Waals surface area (Å²) in [7, 11) is 0. The van der Waals surface area contributed by atoms with Crippen molar-refractivity contribution in [2.45, 2.75) is 6.42 Å². The molecule has 7 heteroatoms. The summed E-state index contributed by atoms with van der Waals surface area (Å²) in [6, 6.07) is 3.90. The third-order valence-corrected chi connectivity index (χ3v) is 3.14. The number of aliphatic carboxylic acids is 1. The molecule has 0 aliphatic heterocycles. The van der Waals surface area contributed by atoms with Crippen LogP contribution in [0.25, 0.3) is 16.5 Å². The van der Waals surface area contributed by atoms with Gasteiger partial charge < -0.3 is 5.11 Å². The van der Waals surface area contributed by atoms with Gasteiger partial charge in [-0.05, 0) is 11.4 Å². The van der Waals surface area contributed by atoms with Gasteiger partial charge in [-0.3, -0.25) is 9.89 Å². The van der Waals surface area contributed by atoms with Gasteiger partial charge in [0.15, 0.2) is 5.82 Å². The van der Waals surface area contributed by atoms with Gasteiger partial charge in [-0.2, -0.15) is 4.98 Å². The Balaban J connectivity index is 1.99. The number of fused-ring (bicyclic) bond motifs is 1. The summed E-state index contributed by atoms with van der Waals surface area (Å²) in [5, 5.41) is 13.7. The number of imidazole rings is 1. The second kappa shape index (κ2) is 3.70. The van der Waals surface area contributed by atoms with E-state index in [2.05, 4.69) is 15.1 Å². The Hall–Kier alpha value is -2.15. The van der Waals surface area contributed by atoms with Crippen LogP contribution in [0.1, 0.15) is 5.69 Å². The lowest BCUT2D eigenvalue weighted by molar-refractivity contribution is -0.136. The second-order valence-electron chi connectivity index (χ2n) is 3.52. The van der Waals surface area contributed by atoms with Crippen molar-refractivity contribution in [2.24, 2.45) is 0 Å². The lowest BCUT2D eigenvalue weighted by Gasteiger charge is -1.88. The number of carboxylic acid groups (broad SMARTS) is 1. The maximum atomic E-state index is 10.5. The van der Waals surface area contributed by atoms with Crippen molar-refractivity contribution < 1.29 is 9.90 Å². The van der Waals surface area contributed by atoms with Crippen LogP contribution in [-0.4, -0.2) is 30.7 Å². The van der Waals surface area contributed by atoms with E-state index in [-0.39, 0.29) is 6.42 Å². The maximum absolute atomic E-state index is 10.5. The smallest absolute Gasteiger partial charge is 0.309 e. The summed E-state index contributed by atoms with van der Waals surface area (Å²) >= 11 is 1.58. The summed E-state index contributed by atoms with van der Waals surface area (Å²) in [5.41, 5.74) is 0.494. The normalized spacial score (nSPS) is 11.1. The molecular weight excluding hydrogens is 240 g/mol. The maximum Gasteiger partial charge on any atom is 0.309 e. The molecule has 3 aromatic rings. The summed E-state index contributed by atoms with van der Waals surface area (Å²) in [5.74, 6) is 0.332. The highest BCUT2D eigenvalue weighted by Gasteiger charge is 2.11. The molecule has 3 heterocycles. The highest BCUT2D eigenvalue weighted by molar-refractivity contribution is 7.13. The molecule has 0 aromatic carbocycles. The lowest BCUT2D eigenvalue weighted by Crippen LogP contribution is -2.00. The number of aromatic amines is 1. The van der Waals surface area contributed by atoms with Crippen LogP contribution in [0.4, 0.5) is 0 Å². The van der Waals surface area contributed by atoms with Crippen LogP contribution >= 0.6 is 11.3 Å². The van der Waals surface area contributed by atoms with Crippen LogP contribution in [0.5, 0.6) is 0 Å². The third kappa shape index (κ3) is 1.80. The zero-order chi connectivity index (χ0) is 11.8. The minimum Gasteiger partial charge on any atom is -0.481 e. The second-order valence-corrected chi connectivity index (χ2v) is 4.47. The van der Waals surface area contributed by atoms with E-state index in [0.717, 1.165) is 10.7 Å². The minimum absolute atomic E-state index is 0.0917. The molecule has 3 rings (SSSR count). The van der Waals surface area contributed by atoms with E-state index in [0.29, 0.717) is 11.5 Å². The lowest BCUT2D eigenvalue weighted by atomic mass is 10.3. The number of H-pyrrole nitrogens is 1. The monoisotopic (exact) mass is 248 g/mol. The quantitative estimate of drug-likeness (QED) is 0.734. The molecule has 17 heavy (non-hydrogen) atoms. The number of nitrogens with zero attached hydrogens (tertiary/aromatic N) is 3. The number of rotatable bonds is 3. The molecule has 0 fully saturated rings. The van der Waals surface area contributed by atoms with Crippen LogP contribution in [0.2, 0.25) is 0 Å². The van der Waals surface area contributed by atoms with Gasteiger partial charge >= 0.3 is 5.97 Å². The van der Waals surface area contributed by atoms with Crippen molar-refractivity contribution >= 4 is 23.1 Å². The minimum atomic E-state index is -0.899. The first-order chi connectivity index (χ1) is 8.22. The standard InChI is InChI=1S/C10H8N4O2S/c15-8(16)4-6-5-14-10(11-6)12-9(13-14)7-2-1-3-17-7/h1-3,5H,4H2,(H,15,16)(H,11,12,13). The predicted molar refractivity (Wildman–Crippen MR) is 62.0 cm³/mol. The Kier molecular flexibility index (Phi) is 2.19. The van der Waals surface area contributed by atoms with Crippen molar-refractivity contribution in [3.63, 3.8) is 0 Å². The van der Waals surface area contributed by atoms with Crippen LogP contribution in [0.3, 0.4) is 0 Å². The fourth-order valence-electron chi connectivity index (χ4n) is 1.58. The Labute approximate surface area is 99.5 Å². The fourth-order valence-corrected chi connectivity index (χ4v) is 2.25. The van der Waals surface area contributed by atoms with E-state index in [4.69, 9.17) is 5.11 Å². The third-order valence-electron chi connectivity index (χ3n) is 2.26. The zero-order valence-corrected chi connectivity index (χ0v) is 9.44. The van der Waals surface area contributed by atoms with Crippen molar-refractivity contribution in [1.82, 2.24) is 19.6 Å². The molecule has 0 amide bonds. The van der Waals surface area contributed by atoms with Gasteiger partial charge in [-0.25, -0.2) is 9.50 Å². The molecule has 0 saturated carbocycles. The Morgan fingerprint density at radius 1 is 1.53 bits per heavy atom. The molecule has 0 unspecified atom stereocenters. The van der Waals surface area contributed by atoms with Gasteiger partial charge in [0, 0.05) is 0 Å². The predicted octanol–water partition coefficient (Wildman–Crippen LogP) is 1.41. The highest BCUT2D eigenvalue weighted by atomic mass is 32.1. The first kappa shape index (κ1) is 10.0. The molecule has 0 aliphatic carbocycles. The highest BCUT2D eigenvalue weighted by Crippen LogP contribution is 2.21. The summed E-state index contributed by atoms with van der Waals surface area (Å²) < 4.78 is 1.63. The summed E-state index contributed by atoms with van der Waals surface area (Å²) in [6.45, 7) is 0. The van der Waals surface area contributed by atoms with E-state index in [9.17, 15) is 4.79 Å². The summed E-state index contributed by atoms with van der Waals surface area (Å²) in [6.07, 6.45) is 1.55. The zero-order valence-electron chi connectivity index (χ0n) is 8.62. The van der Waals surface area contributed by atoms with Gasteiger partial charge in [0.1, 0.15) is 0 Å². The van der Waals surface area contributed by atoms with Crippen LogP contribution in [0.15, 0.2) is 23.7 Å². The Morgan fingerprint density at radius 3 is 3.06 bits per heavy atom. The molecule has 6 nitrogen and oxygen atoms in total. The number of hydrogen-bond donors (Lipinski definition) is 2. The average molecular weight is 248 g/mol. The largest absolute Gasteiger partial charge is 0.481 e. The molecule has 0 saturated heterocycles. The Bertz CT molecular complexity index is 636. The van der Waals surface area contributed by atoms with Crippen molar-refractivity contribution in [3.8, 4) is 10.7 Å². The van der Waals surface area contributed by atoms with E-state index in [1.54, 1.807) is 22.0 Å². The van der Waals surface area contributed by atoms with E-state index in [1.807, 2.05) is 17.5 Å². The van der Waals surface area contributed by atoms with E-state index >= 15 is 0 Å². The van der Waals surface area contributed by atoms with Gasteiger partial charge in [0.05, 0.1) is 23.2 Å². The van der Waals surface area contributed by atoms with E-state index in [1.165, 1.54) is 0 Å². The molecule has 0 atom stereocenters. The molecule has 3 aromatic heterocycles. The summed E-state index contributed by atoms with van der Waals surface area (Å²) in [4.78, 5) is 20.0. The molecule has 2 N–H and O–H groups in total. The number of carboxylic acids is 1. The molecule has 0 aliphatic rings. The van der Waals surface area contributed by atoms with Gasteiger partial charge in [0.2, 0.25) is 0 Å². The van der Waals surface area contributed by atoms with Gasteiger partial charge in [-0.1, -0.05) is 6.07 Å². The Morgan fingerprint density at radius 2 is 2.41 bits per heavy atom.